The van der Waals surface area contributed by atoms with Crippen molar-refractivity contribution >= 4 is 5.82 Å². The van der Waals surface area contributed by atoms with E-state index in [1.165, 1.54) is 0 Å². The average Bonchev–Trinajstić information content (AvgIpc) is 2.24. The van der Waals surface area contributed by atoms with Crippen LogP contribution < -0.4 is 5.73 Å². The topological polar surface area (TPSA) is 68.4 Å². The summed E-state index contributed by atoms with van der Waals surface area (Å²) in [6.45, 7) is 8.56. The first-order valence-corrected chi connectivity index (χ1v) is 5.88. The number of nitrogens with zero attached hydrogens (tertiary/aromatic N) is 1. The van der Waals surface area contributed by atoms with Crippen LogP contribution in [-0.2, 0) is 4.74 Å². The summed E-state index contributed by atoms with van der Waals surface area (Å²) in [5.74, 6) is 0.356. The number of aliphatic hydroxyl groups is 1. The molecule has 0 fully saturated rings. The molecular weight excluding hydrogens is 216 g/mol. The van der Waals surface area contributed by atoms with Crippen LogP contribution in [-0.4, -0.2) is 22.8 Å². The number of hydrogen-bond donors (Lipinski definition) is 2. The van der Waals surface area contributed by atoms with E-state index in [1.54, 1.807) is 18.3 Å². The molecule has 3 N–H and O–H groups in total. The van der Waals surface area contributed by atoms with Crippen molar-refractivity contribution < 1.29 is 9.84 Å². The lowest BCUT2D eigenvalue weighted by Gasteiger charge is -2.34. The number of anilines is 1. The SMILES string of the molecule is CCOC(C(O)c1cccnc1N)C(C)(C)C. The summed E-state index contributed by atoms with van der Waals surface area (Å²) in [6, 6.07) is 3.55. The van der Waals surface area contributed by atoms with Crippen LogP contribution in [0.25, 0.3) is 0 Å². The number of pyridine rings is 1. The summed E-state index contributed by atoms with van der Waals surface area (Å²) in [5, 5.41) is 10.4. The summed E-state index contributed by atoms with van der Waals surface area (Å²) in [6.07, 6.45) is 0.542. The quantitative estimate of drug-likeness (QED) is 0.843. The molecule has 2 atom stereocenters. The molecule has 0 saturated carbocycles. The zero-order chi connectivity index (χ0) is 13.1. The first-order chi connectivity index (χ1) is 7.88. The van der Waals surface area contributed by atoms with Gasteiger partial charge in [-0.2, -0.15) is 0 Å². The number of ether oxygens (including phenoxy) is 1. The lowest BCUT2D eigenvalue weighted by atomic mass is 9.83. The van der Waals surface area contributed by atoms with Gasteiger partial charge in [0.2, 0.25) is 0 Å². The van der Waals surface area contributed by atoms with Crippen LogP contribution in [0.2, 0.25) is 0 Å². The number of rotatable bonds is 4. The third-order valence-corrected chi connectivity index (χ3v) is 2.68. The van der Waals surface area contributed by atoms with Crippen molar-refractivity contribution in [2.75, 3.05) is 12.3 Å². The number of aliphatic hydroxyl groups excluding tert-OH is 1. The van der Waals surface area contributed by atoms with E-state index in [2.05, 4.69) is 4.98 Å². The minimum absolute atomic E-state index is 0.169. The van der Waals surface area contributed by atoms with Crippen molar-refractivity contribution in [1.29, 1.82) is 0 Å². The van der Waals surface area contributed by atoms with Gasteiger partial charge in [-0.05, 0) is 18.4 Å². The van der Waals surface area contributed by atoms with Gasteiger partial charge in [0.1, 0.15) is 11.9 Å². The molecule has 0 aliphatic carbocycles. The maximum absolute atomic E-state index is 10.4. The van der Waals surface area contributed by atoms with Crippen LogP contribution in [0.4, 0.5) is 5.82 Å². The smallest absolute Gasteiger partial charge is 0.129 e. The van der Waals surface area contributed by atoms with E-state index in [0.29, 0.717) is 18.0 Å². The molecule has 1 aromatic rings. The number of hydrogen-bond acceptors (Lipinski definition) is 4. The zero-order valence-corrected chi connectivity index (χ0v) is 11.0. The van der Waals surface area contributed by atoms with E-state index in [1.807, 2.05) is 27.7 Å². The van der Waals surface area contributed by atoms with Crippen LogP contribution in [0.15, 0.2) is 18.3 Å². The molecule has 0 bridgehead atoms. The van der Waals surface area contributed by atoms with Gasteiger partial charge in [0.15, 0.2) is 0 Å². The second-order valence-corrected chi connectivity index (χ2v) is 5.16. The second kappa shape index (κ2) is 5.47. The average molecular weight is 238 g/mol. The Kier molecular flexibility index (Phi) is 4.48. The molecule has 0 spiro atoms. The molecule has 4 heteroatoms. The van der Waals surface area contributed by atoms with Crippen molar-refractivity contribution in [3.63, 3.8) is 0 Å². The normalized spacial score (nSPS) is 15.6. The van der Waals surface area contributed by atoms with Crippen molar-refractivity contribution in [2.45, 2.75) is 39.9 Å². The Morgan fingerprint density at radius 2 is 2.12 bits per heavy atom. The van der Waals surface area contributed by atoms with E-state index < -0.39 is 6.10 Å². The summed E-state index contributed by atoms with van der Waals surface area (Å²) in [4.78, 5) is 3.99. The third-order valence-electron chi connectivity index (χ3n) is 2.68. The maximum Gasteiger partial charge on any atom is 0.129 e. The summed E-state index contributed by atoms with van der Waals surface area (Å²) in [7, 11) is 0. The summed E-state index contributed by atoms with van der Waals surface area (Å²) < 4.78 is 5.64. The molecule has 0 radical (unpaired) electrons. The lowest BCUT2D eigenvalue weighted by Crippen LogP contribution is -2.35. The maximum atomic E-state index is 10.4. The molecule has 0 amide bonds. The second-order valence-electron chi connectivity index (χ2n) is 5.16. The lowest BCUT2D eigenvalue weighted by molar-refractivity contribution is -0.0897. The predicted molar refractivity (Wildman–Crippen MR) is 68.5 cm³/mol. The molecule has 17 heavy (non-hydrogen) atoms. The largest absolute Gasteiger partial charge is 0.386 e. The van der Waals surface area contributed by atoms with Gasteiger partial charge in [0, 0.05) is 18.4 Å². The zero-order valence-electron chi connectivity index (χ0n) is 11.0. The van der Waals surface area contributed by atoms with Crippen LogP contribution >= 0.6 is 0 Å². The van der Waals surface area contributed by atoms with E-state index >= 15 is 0 Å². The first-order valence-electron chi connectivity index (χ1n) is 5.88. The molecule has 0 aromatic carbocycles. The number of nitrogens with two attached hydrogens (primary N) is 1. The Morgan fingerprint density at radius 1 is 1.47 bits per heavy atom. The molecule has 1 aromatic heterocycles. The van der Waals surface area contributed by atoms with Gasteiger partial charge >= 0.3 is 0 Å². The minimum Gasteiger partial charge on any atom is -0.386 e. The molecule has 4 nitrogen and oxygen atoms in total. The summed E-state index contributed by atoms with van der Waals surface area (Å²) in [5.41, 5.74) is 6.23. The molecule has 2 unspecified atom stereocenters. The molecule has 0 saturated heterocycles. The van der Waals surface area contributed by atoms with E-state index in [0.717, 1.165) is 0 Å². The van der Waals surface area contributed by atoms with Crippen LogP contribution in [0.1, 0.15) is 39.4 Å². The third kappa shape index (κ3) is 3.41. The fourth-order valence-electron chi connectivity index (χ4n) is 1.84. The van der Waals surface area contributed by atoms with Crippen molar-refractivity contribution in [3.8, 4) is 0 Å². The van der Waals surface area contributed by atoms with Crippen molar-refractivity contribution in [2.24, 2.45) is 5.41 Å². The first kappa shape index (κ1) is 13.9. The molecule has 0 aliphatic heterocycles. The highest BCUT2D eigenvalue weighted by Crippen LogP contribution is 2.34. The standard InChI is InChI=1S/C13H22N2O2/c1-5-17-11(13(2,3)4)10(16)9-7-6-8-15-12(9)14/h6-8,10-11,16H,5H2,1-4H3,(H2,14,15). The fourth-order valence-corrected chi connectivity index (χ4v) is 1.84. The van der Waals surface area contributed by atoms with Gasteiger partial charge < -0.3 is 15.6 Å². The number of nitrogen functional groups attached to an aromatic ring is 1. The van der Waals surface area contributed by atoms with Gasteiger partial charge in [-0.3, -0.25) is 0 Å². The van der Waals surface area contributed by atoms with Crippen LogP contribution in [0.5, 0.6) is 0 Å². The van der Waals surface area contributed by atoms with Gasteiger partial charge in [-0.25, -0.2) is 4.98 Å². The Balaban J connectivity index is 3.00. The highest BCUT2D eigenvalue weighted by Gasteiger charge is 2.33. The number of aromatic nitrogens is 1. The molecule has 1 rings (SSSR count). The Hall–Kier alpha value is -1.13. The molecule has 96 valence electrons. The molecular formula is C13H22N2O2. The van der Waals surface area contributed by atoms with E-state index in [9.17, 15) is 5.11 Å². The predicted octanol–water partition coefficient (Wildman–Crippen LogP) is 2.15. The van der Waals surface area contributed by atoms with Gasteiger partial charge in [-0.1, -0.05) is 26.8 Å². The minimum atomic E-state index is -0.761. The van der Waals surface area contributed by atoms with E-state index in [4.69, 9.17) is 10.5 Å². The molecule has 1 heterocycles. The van der Waals surface area contributed by atoms with Crippen LogP contribution in [0.3, 0.4) is 0 Å². The van der Waals surface area contributed by atoms with Crippen LogP contribution in [0, 0.1) is 5.41 Å². The monoisotopic (exact) mass is 238 g/mol. The molecule has 0 aliphatic rings. The Morgan fingerprint density at radius 3 is 2.59 bits per heavy atom. The van der Waals surface area contributed by atoms with Gasteiger partial charge in [-0.15, -0.1) is 0 Å². The van der Waals surface area contributed by atoms with Crippen molar-refractivity contribution in [1.82, 2.24) is 4.98 Å². The van der Waals surface area contributed by atoms with Gasteiger partial charge in [0.25, 0.3) is 0 Å². The van der Waals surface area contributed by atoms with E-state index in [-0.39, 0.29) is 11.5 Å². The Labute approximate surface area is 103 Å². The Bertz CT molecular complexity index is 361. The highest BCUT2D eigenvalue weighted by molar-refractivity contribution is 5.40. The highest BCUT2D eigenvalue weighted by atomic mass is 16.5. The summed E-state index contributed by atoms with van der Waals surface area (Å²) >= 11 is 0. The van der Waals surface area contributed by atoms with Crippen molar-refractivity contribution in [3.05, 3.63) is 23.9 Å². The fraction of sp³-hybridized carbons (Fsp3) is 0.615. The van der Waals surface area contributed by atoms with Gasteiger partial charge in [0.05, 0.1) is 6.10 Å².